The number of methoxy groups -OCH3 is 1. The van der Waals surface area contributed by atoms with Crippen molar-refractivity contribution in [3.05, 3.63) is 30.1 Å². The van der Waals surface area contributed by atoms with Crippen LogP contribution in [0.15, 0.2) is 29.3 Å². The average Bonchev–Trinajstić information content (AvgIpc) is 3.30. The molecule has 0 aliphatic heterocycles. The molecular weight excluding hydrogens is 272 g/mol. The first-order chi connectivity index (χ1) is 9.69. The summed E-state index contributed by atoms with van der Waals surface area (Å²) in [5.74, 6) is 1.17. The van der Waals surface area contributed by atoms with Crippen LogP contribution in [0.2, 0.25) is 0 Å². The standard InChI is InChI=1S/C15H16N2O2S/c1-9(15(18)19-2)20-14-11-5-3-4-6-12(11)16-13(17-14)10-7-8-10/h3-6,9-10H,7-8H2,1-2H3. The van der Waals surface area contributed by atoms with Gasteiger partial charge < -0.3 is 4.74 Å². The van der Waals surface area contributed by atoms with Gasteiger partial charge in [0.1, 0.15) is 16.1 Å². The van der Waals surface area contributed by atoms with Gasteiger partial charge in [0.05, 0.1) is 12.6 Å². The van der Waals surface area contributed by atoms with Crippen LogP contribution in [0.1, 0.15) is 31.5 Å². The Hall–Kier alpha value is -1.62. The van der Waals surface area contributed by atoms with Gasteiger partial charge in [-0.05, 0) is 25.8 Å². The molecule has 1 fully saturated rings. The summed E-state index contributed by atoms with van der Waals surface area (Å²) >= 11 is 1.44. The fourth-order valence-corrected chi connectivity index (χ4v) is 3.03. The minimum absolute atomic E-state index is 0.231. The second kappa shape index (κ2) is 5.40. The molecule has 0 N–H and O–H groups in total. The number of carbonyl (C=O) groups is 1. The van der Waals surface area contributed by atoms with Crippen molar-refractivity contribution in [3.63, 3.8) is 0 Å². The highest BCUT2D eigenvalue weighted by Crippen LogP contribution is 2.40. The van der Waals surface area contributed by atoms with E-state index < -0.39 is 0 Å². The number of nitrogens with zero attached hydrogens (tertiary/aromatic N) is 2. The van der Waals surface area contributed by atoms with Gasteiger partial charge >= 0.3 is 5.97 Å². The second-order valence-corrected chi connectivity index (χ2v) is 6.29. The van der Waals surface area contributed by atoms with E-state index in [0.717, 1.165) is 34.6 Å². The maximum Gasteiger partial charge on any atom is 0.318 e. The molecule has 1 aromatic heterocycles. The molecule has 0 radical (unpaired) electrons. The van der Waals surface area contributed by atoms with Crippen molar-refractivity contribution >= 4 is 28.6 Å². The quantitative estimate of drug-likeness (QED) is 0.491. The number of hydrogen-bond acceptors (Lipinski definition) is 5. The number of thioether (sulfide) groups is 1. The van der Waals surface area contributed by atoms with Crippen molar-refractivity contribution in [2.45, 2.75) is 36.0 Å². The van der Waals surface area contributed by atoms with Gasteiger partial charge in [-0.15, -0.1) is 0 Å². The van der Waals surface area contributed by atoms with E-state index in [1.807, 2.05) is 31.2 Å². The lowest BCUT2D eigenvalue weighted by Gasteiger charge is -2.11. The summed E-state index contributed by atoms with van der Waals surface area (Å²) in [6, 6.07) is 7.94. The number of rotatable bonds is 4. The van der Waals surface area contributed by atoms with E-state index in [2.05, 4.69) is 9.97 Å². The molecule has 1 aliphatic rings. The van der Waals surface area contributed by atoms with Crippen LogP contribution in [-0.4, -0.2) is 28.3 Å². The zero-order valence-corrected chi connectivity index (χ0v) is 12.3. The molecule has 1 aromatic carbocycles. The Labute approximate surface area is 121 Å². The number of fused-ring (bicyclic) bond motifs is 1. The third-order valence-electron chi connectivity index (χ3n) is 3.35. The Morgan fingerprint density at radius 2 is 2.10 bits per heavy atom. The van der Waals surface area contributed by atoms with Crippen LogP contribution < -0.4 is 0 Å². The van der Waals surface area contributed by atoms with Crippen LogP contribution in [0.3, 0.4) is 0 Å². The summed E-state index contributed by atoms with van der Waals surface area (Å²) in [6.45, 7) is 1.84. The Bertz CT molecular complexity index is 655. The van der Waals surface area contributed by atoms with Crippen LogP contribution in [-0.2, 0) is 9.53 Å². The SMILES string of the molecule is COC(=O)C(C)Sc1nc(C2CC2)nc2ccccc12. The van der Waals surface area contributed by atoms with Crippen molar-refractivity contribution in [2.24, 2.45) is 0 Å². The zero-order valence-electron chi connectivity index (χ0n) is 11.5. The number of hydrogen-bond donors (Lipinski definition) is 0. The summed E-state index contributed by atoms with van der Waals surface area (Å²) in [7, 11) is 1.41. The largest absolute Gasteiger partial charge is 0.468 e. The Balaban J connectivity index is 2.01. The predicted molar refractivity (Wildman–Crippen MR) is 78.8 cm³/mol. The lowest BCUT2D eigenvalue weighted by atomic mass is 10.2. The van der Waals surface area contributed by atoms with Crippen LogP contribution in [0.4, 0.5) is 0 Å². The molecule has 0 saturated heterocycles. The van der Waals surface area contributed by atoms with E-state index in [0.29, 0.717) is 5.92 Å². The molecule has 1 unspecified atom stereocenters. The van der Waals surface area contributed by atoms with Gasteiger partial charge in [0.15, 0.2) is 0 Å². The summed E-state index contributed by atoms with van der Waals surface area (Å²) in [6.07, 6.45) is 2.32. The Morgan fingerprint density at radius 3 is 2.80 bits per heavy atom. The Kier molecular flexibility index (Phi) is 3.61. The van der Waals surface area contributed by atoms with Crippen molar-refractivity contribution in [3.8, 4) is 0 Å². The van der Waals surface area contributed by atoms with Crippen molar-refractivity contribution in [1.82, 2.24) is 9.97 Å². The molecule has 1 heterocycles. The molecule has 20 heavy (non-hydrogen) atoms. The molecular formula is C15H16N2O2S. The van der Waals surface area contributed by atoms with Crippen LogP contribution in [0.5, 0.6) is 0 Å². The topological polar surface area (TPSA) is 52.1 Å². The van der Waals surface area contributed by atoms with E-state index >= 15 is 0 Å². The summed E-state index contributed by atoms with van der Waals surface area (Å²) in [5, 5.41) is 1.60. The van der Waals surface area contributed by atoms with Gasteiger partial charge in [-0.1, -0.05) is 30.0 Å². The monoisotopic (exact) mass is 288 g/mol. The summed E-state index contributed by atoms with van der Waals surface area (Å²) < 4.78 is 4.78. The van der Waals surface area contributed by atoms with Crippen LogP contribution in [0, 0.1) is 0 Å². The van der Waals surface area contributed by atoms with Crippen molar-refractivity contribution in [2.75, 3.05) is 7.11 Å². The molecule has 1 atom stereocenters. The molecule has 1 aliphatic carbocycles. The van der Waals surface area contributed by atoms with E-state index in [4.69, 9.17) is 4.74 Å². The highest BCUT2D eigenvalue weighted by molar-refractivity contribution is 8.00. The molecule has 5 heteroatoms. The van der Waals surface area contributed by atoms with E-state index in [1.54, 1.807) is 0 Å². The van der Waals surface area contributed by atoms with Gasteiger partial charge in [0.2, 0.25) is 0 Å². The summed E-state index contributed by atoms with van der Waals surface area (Å²) in [4.78, 5) is 20.9. The maximum atomic E-state index is 11.6. The van der Waals surface area contributed by atoms with Gasteiger partial charge in [0.25, 0.3) is 0 Å². The van der Waals surface area contributed by atoms with Gasteiger partial charge in [-0.3, -0.25) is 4.79 Å². The van der Waals surface area contributed by atoms with Crippen molar-refractivity contribution < 1.29 is 9.53 Å². The van der Waals surface area contributed by atoms with Gasteiger partial charge in [0, 0.05) is 11.3 Å². The van der Waals surface area contributed by atoms with Crippen LogP contribution >= 0.6 is 11.8 Å². The van der Waals surface area contributed by atoms with E-state index in [1.165, 1.54) is 18.9 Å². The average molecular weight is 288 g/mol. The number of carbonyl (C=O) groups excluding carboxylic acids is 1. The highest BCUT2D eigenvalue weighted by atomic mass is 32.2. The molecule has 3 rings (SSSR count). The predicted octanol–water partition coefficient (Wildman–Crippen LogP) is 3.16. The first kappa shape index (κ1) is 13.4. The molecule has 2 aromatic rings. The van der Waals surface area contributed by atoms with Crippen molar-refractivity contribution in [1.29, 1.82) is 0 Å². The third kappa shape index (κ3) is 2.63. The van der Waals surface area contributed by atoms with E-state index in [-0.39, 0.29) is 11.2 Å². The molecule has 4 nitrogen and oxygen atoms in total. The first-order valence-corrected chi connectivity index (χ1v) is 7.58. The van der Waals surface area contributed by atoms with Gasteiger partial charge in [-0.25, -0.2) is 9.97 Å². The number of ether oxygens (including phenoxy) is 1. The minimum atomic E-state index is -0.273. The lowest BCUT2D eigenvalue weighted by Crippen LogP contribution is -2.15. The fraction of sp³-hybridized carbons (Fsp3) is 0.400. The maximum absolute atomic E-state index is 11.6. The Morgan fingerprint density at radius 1 is 1.35 bits per heavy atom. The lowest BCUT2D eigenvalue weighted by molar-refractivity contribution is -0.139. The normalized spacial score (nSPS) is 16.1. The van der Waals surface area contributed by atoms with Gasteiger partial charge in [-0.2, -0.15) is 0 Å². The second-order valence-electron chi connectivity index (χ2n) is 4.96. The smallest absolute Gasteiger partial charge is 0.318 e. The summed E-state index contributed by atoms with van der Waals surface area (Å²) in [5.41, 5.74) is 0.948. The minimum Gasteiger partial charge on any atom is -0.468 e. The van der Waals surface area contributed by atoms with Crippen LogP contribution in [0.25, 0.3) is 10.9 Å². The molecule has 1 saturated carbocycles. The molecule has 104 valence electrons. The third-order valence-corrected chi connectivity index (χ3v) is 4.43. The number of para-hydroxylation sites is 1. The fourth-order valence-electron chi connectivity index (χ4n) is 2.06. The molecule has 0 amide bonds. The number of esters is 1. The highest BCUT2D eigenvalue weighted by Gasteiger charge is 2.28. The number of aromatic nitrogens is 2. The van der Waals surface area contributed by atoms with E-state index in [9.17, 15) is 4.79 Å². The molecule has 0 bridgehead atoms. The zero-order chi connectivity index (χ0) is 14.1. The molecule has 0 spiro atoms. The number of benzene rings is 1. The first-order valence-electron chi connectivity index (χ1n) is 6.70.